The maximum atomic E-state index is 11.0. The molecule has 0 saturated carbocycles. The van der Waals surface area contributed by atoms with Crippen LogP contribution in [0.4, 0.5) is 0 Å². The number of ether oxygens (including phenoxy) is 2. The molecule has 0 atom stereocenters. The number of rotatable bonds is 7. The Morgan fingerprint density at radius 1 is 1.29 bits per heavy atom. The maximum Gasteiger partial charge on any atom is 0.313 e. The van der Waals surface area contributed by atoms with Gasteiger partial charge in [0.25, 0.3) is 0 Å². The van der Waals surface area contributed by atoms with Crippen molar-refractivity contribution >= 4 is 11.8 Å². The van der Waals surface area contributed by atoms with Gasteiger partial charge in [0.05, 0.1) is 13.7 Å². The Morgan fingerprint density at radius 3 is 2.43 bits per heavy atom. The Balaban J connectivity index is 3.40. The zero-order chi connectivity index (χ0) is 11.0. The third-order valence-corrected chi connectivity index (χ3v) is 1.52. The highest BCUT2D eigenvalue weighted by atomic mass is 16.5. The van der Waals surface area contributed by atoms with Gasteiger partial charge in [0.1, 0.15) is 13.0 Å². The van der Waals surface area contributed by atoms with Gasteiger partial charge in [-0.25, -0.2) is 0 Å². The lowest BCUT2D eigenvalue weighted by Crippen LogP contribution is -2.21. The van der Waals surface area contributed by atoms with E-state index in [2.05, 4.69) is 4.74 Å². The zero-order valence-electron chi connectivity index (χ0n) is 8.91. The van der Waals surface area contributed by atoms with Crippen LogP contribution >= 0.6 is 0 Å². The van der Waals surface area contributed by atoms with E-state index in [1.165, 1.54) is 7.11 Å². The van der Waals surface area contributed by atoms with Crippen LogP contribution in [0.5, 0.6) is 0 Å². The number of likely N-dealkylation sites (N-methyl/N-ethyl adjacent to an activating group) is 1. The molecule has 0 bridgehead atoms. The largest absolute Gasteiger partial charge is 0.469 e. The molecule has 5 heteroatoms. The number of ketones is 1. The van der Waals surface area contributed by atoms with Gasteiger partial charge in [0, 0.05) is 6.54 Å². The van der Waals surface area contributed by atoms with Gasteiger partial charge >= 0.3 is 5.97 Å². The summed E-state index contributed by atoms with van der Waals surface area (Å²) in [6.07, 6.45) is -0.210. The molecule has 0 saturated heterocycles. The number of hydrogen-bond donors (Lipinski definition) is 0. The Hall–Kier alpha value is -0.940. The van der Waals surface area contributed by atoms with Crippen molar-refractivity contribution < 1.29 is 19.1 Å². The van der Waals surface area contributed by atoms with Crippen molar-refractivity contribution in [2.45, 2.75) is 6.42 Å². The van der Waals surface area contributed by atoms with Crippen molar-refractivity contribution in [1.82, 2.24) is 4.90 Å². The van der Waals surface area contributed by atoms with E-state index in [1.807, 2.05) is 19.0 Å². The molecule has 0 spiro atoms. The smallest absolute Gasteiger partial charge is 0.313 e. The summed E-state index contributed by atoms with van der Waals surface area (Å²) in [4.78, 5) is 23.6. The van der Waals surface area contributed by atoms with Crippen LogP contribution in [-0.4, -0.2) is 57.6 Å². The molecule has 0 fully saturated rings. The van der Waals surface area contributed by atoms with Crippen molar-refractivity contribution in [3.63, 3.8) is 0 Å². The van der Waals surface area contributed by atoms with Crippen LogP contribution in [0.25, 0.3) is 0 Å². The highest BCUT2D eigenvalue weighted by molar-refractivity contribution is 5.96. The van der Waals surface area contributed by atoms with Crippen LogP contribution in [0.3, 0.4) is 0 Å². The van der Waals surface area contributed by atoms with E-state index in [9.17, 15) is 9.59 Å². The lowest BCUT2D eigenvalue weighted by molar-refractivity contribution is -0.144. The minimum Gasteiger partial charge on any atom is -0.469 e. The highest BCUT2D eigenvalue weighted by Crippen LogP contribution is 1.88. The average Bonchev–Trinajstić information content (AvgIpc) is 2.12. The number of esters is 1. The molecule has 0 radical (unpaired) electrons. The Labute approximate surface area is 84.0 Å². The van der Waals surface area contributed by atoms with Gasteiger partial charge in [-0.2, -0.15) is 0 Å². The molecule has 0 rings (SSSR count). The monoisotopic (exact) mass is 203 g/mol. The van der Waals surface area contributed by atoms with Crippen LogP contribution in [0, 0.1) is 0 Å². The first-order valence-corrected chi connectivity index (χ1v) is 4.37. The molecule has 5 nitrogen and oxygen atoms in total. The molecule has 0 amide bonds. The minimum atomic E-state index is -0.522. The predicted molar refractivity (Wildman–Crippen MR) is 51.0 cm³/mol. The van der Waals surface area contributed by atoms with Crippen molar-refractivity contribution in [1.29, 1.82) is 0 Å². The summed E-state index contributed by atoms with van der Waals surface area (Å²) in [7, 11) is 5.09. The number of nitrogens with zero attached hydrogens (tertiary/aromatic N) is 1. The van der Waals surface area contributed by atoms with Gasteiger partial charge in [-0.05, 0) is 14.1 Å². The lowest BCUT2D eigenvalue weighted by atomic mass is 10.3. The fourth-order valence-electron chi connectivity index (χ4n) is 0.717. The second-order valence-electron chi connectivity index (χ2n) is 3.15. The van der Waals surface area contributed by atoms with Gasteiger partial charge in [0.15, 0.2) is 5.78 Å². The molecule has 0 unspecified atom stereocenters. The first kappa shape index (κ1) is 13.1. The topological polar surface area (TPSA) is 55.8 Å². The minimum absolute atomic E-state index is 0.0249. The van der Waals surface area contributed by atoms with Crippen LogP contribution in [-0.2, 0) is 19.1 Å². The fraction of sp³-hybridized carbons (Fsp3) is 0.778. The standard InChI is InChI=1S/C9H17NO4/c1-10(2)4-5-14-7-8(11)6-9(12)13-3/h4-7H2,1-3H3. The molecule has 0 heterocycles. The summed E-state index contributed by atoms with van der Waals surface area (Å²) in [6.45, 7) is 1.22. The van der Waals surface area contributed by atoms with E-state index < -0.39 is 5.97 Å². The number of carbonyl (C=O) groups is 2. The van der Waals surface area contributed by atoms with E-state index in [-0.39, 0.29) is 18.8 Å². The molecule has 0 aliphatic carbocycles. The van der Waals surface area contributed by atoms with Crippen LogP contribution in [0.1, 0.15) is 6.42 Å². The summed E-state index contributed by atoms with van der Waals surface area (Å²) in [5, 5.41) is 0. The van der Waals surface area contributed by atoms with E-state index in [1.54, 1.807) is 0 Å². The van der Waals surface area contributed by atoms with Crippen molar-refractivity contribution in [2.24, 2.45) is 0 Å². The Bertz CT molecular complexity index is 191. The summed E-state index contributed by atoms with van der Waals surface area (Å²) in [5.41, 5.74) is 0. The summed E-state index contributed by atoms with van der Waals surface area (Å²) in [5.74, 6) is -0.776. The molecule has 14 heavy (non-hydrogen) atoms. The molecule has 0 N–H and O–H groups in total. The van der Waals surface area contributed by atoms with E-state index in [0.717, 1.165) is 6.54 Å². The Kier molecular flexibility index (Phi) is 6.96. The quantitative estimate of drug-likeness (QED) is 0.323. The molecular formula is C9H17NO4. The van der Waals surface area contributed by atoms with E-state index in [4.69, 9.17) is 4.74 Å². The zero-order valence-corrected chi connectivity index (χ0v) is 8.91. The summed E-state index contributed by atoms with van der Waals surface area (Å²) >= 11 is 0. The van der Waals surface area contributed by atoms with Crippen molar-refractivity contribution in [3.05, 3.63) is 0 Å². The number of hydrogen-bond acceptors (Lipinski definition) is 5. The molecule has 0 aromatic carbocycles. The lowest BCUT2D eigenvalue weighted by Gasteiger charge is -2.08. The molecule has 0 aliphatic rings. The van der Waals surface area contributed by atoms with Crippen LogP contribution in [0.2, 0.25) is 0 Å². The van der Waals surface area contributed by atoms with Crippen molar-refractivity contribution in [3.8, 4) is 0 Å². The average molecular weight is 203 g/mol. The second-order valence-corrected chi connectivity index (χ2v) is 3.15. The highest BCUT2D eigenvalue weighted by Gasteiger charge is 2.08. The second kappa shape index (κ2) is 7.46. The van der Waals surface area contributed by atoms with Crippen LogP contribution in [0.15, 0.2) is 0 Å². The van der Waals surface area contributed by atoms with Gasteiger partial charge in [-0.3, -0.25) is 9.59 Å². The third-order valence-electron chi connectivity index (χ3n) is 1.52. The third kappa shape index (κ3) is 7.70. The van der Waals surface area contributed by atoms with Crippen molar-refractivity contribution in [2.75, 3.05) is 41.0 Å². The first-order valence-electron chi connectivity index (χ1n) is 4.37. The predicted octanol–water partition coefficient (Wildman–Crippen LogP) is -0.303. The number of Topliss-reactive ketones (excluding diaryl/α,β-unsaturated/α-hetero) is 1. The van der Waals surface area contributed by atoms with E-state index >= 15 is 0 Å². The summed E-state index contributed by atoms with van der Waals surface area (Å²) < 4.78 is 9.39. The number of carbonyl (C=O) groups excluding carboxylic acids is 2. The molecule has 0 aliphatic heterocycles. The molecule has 0 aromatic heterocycles. The SMILES string of the molecule is COC(=O)CC(=O)COCCN(C)C. The van der Waals surface area contributed by atoms with Gasteiger partial charge in [-0.1, -0.05) is 0 Å². The van der Waals surface area contributed by atoms with E-state index in [0.29, 0.717) is 6.61 Å². The van der Waals surface area contributed by atoms with Gasteiger partial charge < -0.3 is 14.4 Å². The maximum absolute atomic E-state index is 11.0. The van der Waals surface area contributed by atoms with Gasteiger partial charge in [-0.15, -0.1) is 0 Å². The molecular weight excluding hydrogens is 186 g/mol. The Morgan fingerprint density at radius 2 is 1.93 bits per heavy atom. The normalized spacial score (nSPS) is 10.3. The van der Waals surface area contributed by atoms with Gasteiger partial charge in [0.2, 0.25) is 0 Å². The molecule has 82 valence electrons. The first-order chi connectivity index (χ1) is 6.56. The van der Waals surface area contributed by atoms with Crippen LogP contribution < -0.4 is 0 Å². The fourth-order valence-corrected chi connectivity index (χ4v) is 0.717. The number of methoxy groups -OCH3 is 1. The summed E-state index contributed by atoms with van der Waals surface area (Å²) in [6, 6.07) is 0. The molecule has 0 aromatic rings.